The Morgan fingerprint density at radius 3 is 2.55 bits per heavy atom. The third kappa shape index (κ3) is 2.69. The SMILES string of the molecule is CC=C(CC)CC(C)C1CC1. The molecule has 0 aromatic carbocycles. The first-order chi connectivity index (χ1) is 5.27. The van der Waals surface area contributed by atoms with Gasteiger partial charge in [0.05, 0.1) is 0 Å². The van der Waals surface area contributed by atoms with Crippen LogP contribution < -0.4 is 0 Å². The van der Waals surface area contributed by atoms with Crippen molar-refractivity contribution in [2.45, 2.75) is 46.5 Å². The van der Waals surface area contributed by atoms with Crippen molar-refractivity contribution < 1.29 is 0 Å². The Labute approximate surface area is 70.7 Å². The lowest BCUT2D eigenvalue weighted by Gasteiger charge is -2.11. The van der Waals surface area contributed by atoms with Crippen molar-refractivity contribution in [3.63, 3.8) is 0 Å². The van der Waals surface area contributed by atoms with Crippen LogP contribution in [0.25, 0.3) is 0 Å². The van der Waals surface area contributed by atoms with Gasteiger partial charge in [-0.3, -0.25) is 0 Å². The van der Waals surface area contributed by atoms with Crippen LogP contribution in [0, 0.1) is 11.8 Å². The van der Waals surface area contributed by atoms with Crippen LogP contribution in [0.15, 0.2) is 11.6 Å². The van der Waals surface area contributed by atoms with E-state index in [9.17, 15) is 0 Å². The molecule has 0 amide bonds. The average molecular weight is 152 g/mol. The molecule has 1 unspecified atom stereocenters. The summed E-state index contributed by atoms with van der Waals surface area (Å²) in [6, 6.07) is 0. The highest BCUT2D eigenvalue weighted by molar-refractivity contribution is 5.01. The molecule has 0 bridgehead atoms. The zero-order valence-electron chi connectivity index (χ0n) is 8.06. The van der Waals surface area contributed by atoms with Gasteiger partial charge in [-0.25, -0.2) is 0 Å². The van der Waals surface area contributed by atoms with Gasteiger partial charge in [-0.05, 0) is 44.4 Å². The molecule has 1 atom stereocenters. The summed E-state index contributed by atoms with van der Waals surface area (Å²) in [5, 5.41) is 0. The molecule has 0 saturated heterocycles. The molecule has 0 heteroatoms. The summed E-state index contributed by atoms with van der Waals surface area (Å²) in [5.74, 6) is 2.01. The second-order valence-corrected chi connectivity index (χ2v) is 3.82. The van der Waals surface area contributed by atoms with Gasteiger partial charge < -0.3 is 0 Å². The van der Waals surface area contributed by atoms with Gasteiger partial charge in [0.1, 0.15) is 0 Å². The van der Waals surface area contributed by atoms with Crippen molar-refractivity contribution in [1.29, 1.82) is 0 Å². The highest BCUT2D eigenvalue weighted by Crippen LogP contribution is 2.39. The normalized spacial score (nSPS) is 21.9. The van der Waals surface area contributed by atoms with Crippen LogP contribution in [0.1, 0.15) is 46.5 Å². The molecule has 1 rings (SSSR count). The fourth-order valence-corrected chi connectivity index (χ4v) is 1.71. The van der Waals surface area contributed by atoms with E-state index in [1.807, 2.05) is 0 Å². The van der Waals surface area contributed by atoms with Crippen LogP contribution in [0.4, 0.5) is 0 Å². The Morgan fingerprint density at radius 1 is 1.55 bits per heavy atom. The van der Waals surface area contributed by atoms with Gasteiger partial charge in [0, 0.05) is 0 Å². The molecular formula is C11H20. The molecule has 64 valence electrons. The molecule has 1 aliphatic rings. The first kappa shape index (κ1) is 8.83. The van der Waals surface area contributed by atoms with Crippen LogP contribution in [0.5, 0.6) is 0 Å². The second-order valence-electron chi connectivity index (χ2n) is 3.82. The van der Waals surface area contributed by atoms with E-state index in [0.29, 0.717) is 0 Å². The molecule has 0 aliphatic heterocycles. The molecule has 0 heterocycles. The van der Waals surface area contributed by atoms with Crippen LogP contribution in [-0.2, 0) is 0 Å². The summed E-state index contributed by atoms with van der Waals surface area (Å²) in [7, 11) is 0. The number of rotatable bonds is 4. The summed E-state index contributed by atoms with van der Waals surface area (Å²) < 4.78 is 0. The van der Waals surface area contributed by atoms with E-state index >= 15 is 0 Å². The Morgan fingerprint density at radius 2 is 2.18 bits per heavy atom. The Bertz CT molecular complexity index is 140. The smallest absolute Gasteiger partial charge is 0.0292 e. The minimum absolute atomic E-state index is 0.946. The lowest BCUT2D eigenvalue weighted by atomic mass is 9.95. The summed E-state index contributed by atoms with van der Waals surface area (Å²) >= 11 is 0. The zero-order valence-corrected chi connectivity index (χ0v) is 8.06. The van der Waals surface area contributed by atoms with Gasteiger partial charge in [-0.2, -0.15) is 0 Å². The van der Waals surface area contributed by atoms with Crippen molar-refractivity contribution in [1.82, 2.24) is 0 Å². The first-order valence-electron chi connectivity index (χ1n) is 4.92. The Balaban J connectivity index is 2.26. The maximum atomic E-state index is 2.40. The summed E-state index contributed by atoms with van der Waals surface area (Å²) in [6.45, 7) is 6.82. The molecule has 1 saturated carbocycles. The molecule has 1 fully saturated rings. The van der Waals surface area contributed by atoms with Crippen LogP contribution in [0.3, 0.4) is 0 Å². The van der Waals surface area contributed by atoms with Crippen LogP contribution >= 0.6 is 0 Å². The molecule has 1 aliphatic carbocycles. The molecule has 0 aromatic heterocycles. The minimum Gasteiger partial charge on any atom is -0.0885 e. The van der Waals surface area contributed by atoms with Crippen molar-refractivity contribution in [3.8, 4) is 0 Å². The monoisotopic (exact) mass is 152 g/mol. The summed E-state index contributed by atoms with van der Waals surface area (Å²) in [5.41, 5.74) is 1.64. The van der Waals surface area contributed by atoms with E-state index in [-0.39, 0.29) is 0 Å². The molecule has 0 N–H and O–H groups in total. The predicted molar refractivity (Wildman–Crippen MR) is 50.6 cm³/mol. The minimum atomic E-state index is 0.946. The van der Waals surface area contributed by atoms with E-state index in [1.54, 1.807) is 5.57 Å². The van der Waals surface area contributed by atoms with Gasteiger partial charge in [-0.15, -0.1) is 0 Å². The topological polar surface area (TPSA) is 0 Å². The van der Waals surface area contributed by atoms with E-state index in [4.69, 9.17) is 0 Å². The van der Waals surface area contributed by atoms with E-state index in [2.05, 4.69) is 26.8 Å². The highest BCUT2D eigenvalue weighted by atomic mass is 14.3. The van der Waals surface area contributed by atoms with Gasteiger partial charge in [0.2, 0.25) is 0 Å². The maximum Gasteiger partial charge on any atom is -0.0292 e. The zero-order chi connectivity index (χ0) is 8.27. The second kappa shape index (κ2) is 3.94. The molecule has 0 radical (unpaired) electrons. The third-order valence-corrected chi connectivity index (χ3v) is 2.87. The lowest BCUT2D eigenvalue weighted by Crippen LogP contribution is -1.98. The van der Waals surface area contributed by atoms with E-state index in [1.165, 1.54) is 25.7 Å². The van der Waals surface area contributed by atoms with Crippen molar-refractivity contribution in [2.75, 3.05) is 0 Å². The van der Waals surface area contributed by atoms with Gasteiger partial charge in [0.15, 0.2) is 0 Å². The Hall–Kier alpha value is -0.260. The van der Waals surface area contributed by atoms with Crippen LogP contribution in [0.2, 0.25) is 0 Å². The van der Waals surface area contributed by atoms with E-state index < -0.39 is 0 Å². The van der Waals surface area contributed by atoms with E-state index in [0.717, 1.165) is 11.8 Å². The quantitative estimate of drug-likeness (QED) is 0.538. The maximum absolute atomic E-state index is 2.40. The van der Waals surface area contributed by atoms with Gasteiger partial charge in [-0.1, -0.05) is 25.5 Å². The van der Waals surface area contributed by atoms with Crippen molar-refractivity contribution in [3.05, 3.63) is 11.6 Å². The molecule has 11 heavy (non-hydrogen) atoms. The summed E-state index contributed by atoms with van der Waals surface area (Å²) in [6.07, 6.45) is 7.86. The Kier molecular flexibility index (Phi) is 3.16. The highest BCUT2D eigenvalue weighted by Gasteiger charge is 2.27. The lowest BCUT2D eigenvalue weighted by molar-refractivity contribution is 0.499. The fraction of sp³-hybridized carbons (Fsp3) is 0.818. The molecule has 0 aromatic rings. The fourth-order valence-electron chi connectivity index (χ4n) is 1.71. The van der Waals surface area contributed by atoms with Crippen LogP contribution in [-0.4, -0.2) is 0 Å². The number of allylic oxidation sites excluding steroid dienone is 2. The van der Waals surface area contributed by atoms with Crippen molar-refractivity contribution >= 4 is 0 Å². The van der Waals surface area contributed by atoms with Crippen molar-refractivity contribution in [2.24, 2.45) is 11.8 Å². The largest absolute Gasteiger partial charge is 0.0885 e. The number of hydrogen-bond acceptors (Lipinski definition) is 0. The molecule has 0 nitrogen and oxygen atoms in total. The summed E-state index contributed by atoms with van der Waals surface area (Å²) in [4.78, 5) is 0. The average Bonchev–Trinajstić information content (AvgIpc) is 2.81. The first-order valence-corrected chi connectivity index (χ1v) is 4.92. The molecular weight excluding hydrogens is 132 g/mol. The van der Waals surface area contributed by atoms with Gasteiger partial charge in [0.25, 0.3) is 0 Å². The number of hydrogen-bond donors (Lipinski definition) is 0. The third-order valence-electron chi connectivity index (χ3n) is 2.87. The molecule has 0 spiro atoms. The predicted octanol–water partition coefficient (Wildman–Crippen LogP) is 3.78. The standard InChI is InChI=1S/C11H20/c1-4-10(5-2)8-9(3)11-6-7-11/h4,9,11H,5-8H2,1-3H3. The van der Waals surface area contributed by atoms with Gasteiger partial charge >= 0.3 is 0 Å².